The molecule has 0 unspecified atom stereocenters. The monoisotopic (exact) mass is 411 g/mol. The molecule has 3 aromatic rings. The lowest BCUT2D eigenvalue weighted by Gasteiger charge is -2.03. The molecule has 0 atom stereocenters. The van der Waals surface area contributed by atoms with Crippen molar-refractivity contribution < 1.29 is 14.3 Å². The third kappa shape index (κ3) is 5.58. The summed E-state index contributed by atoms with van der Waals surface area (Å²) in [5.41, 5.74) is 5.20. The molecule has 2 aromatic carbocycles. The number of thioether (sulfide) groups is 1. The van der Waals surface area contributed by atoms with Crippen LogP contribution in [-0.4, -0.2) is 46.6 Å². The Morgan fingerprint density at radius 1 is 1.03 bits per heavy atom. The average Bonchev–Trinajstić information content (AvgIpc) is 3.23. The Morgan fingerprint density at radius 2 is 1.62 bits per heavy atom. The van der Waals surface area contributed by atoms with Crippen LogP contribution < -0.4 is 14.9 Å². The number of hydrogen-bond acceptors (Lipinski definition) is 8. The summed E-state index contributed by atoms with van der Waals surface area (Å²) < 4.78 is 10.2. The molecule has 0 spiro atoms. The van der Waals surface area contributed by atoms with E-state index in [0.29, 0.717) is 22.4 Å². The molecule has 0 aliphatic rings. The van der Waals surface area contributed by atoms with E-state index >= 15 is 0 Å². The number of carbonyl (C=O) groups excluding carboxylic acids is 1. The number of hydrogen-bond donors (Lipinski definition) is 2. The second kappa shape index (κ2) is 9.74. The first-order chi connectivity index (χ1) is 14.1. The van der Waals surface area contributed by atoms with Gasteiger partial charge in [0.2, 0.25) is 11.1 Å². The van der Waals surface area contributed by atoms with E-state index in [0.717, 1.165) is 17.0 Å². The fourth-order valence-corrected chi connectivity index (χ4v) is 3.08. The van der Waals surface area contributed by atoms with Crippen molar-refractivity contribution in [1.82, 2.24) is 15.2 Å². The highest BCUT2D eigenvalue weighted by molar-refractivity contribution is 7.99. The van der Waals surface area contributed by atoms with E-state index in [2.05, 4.69) is 25.7 Å². The van der Waals surface area contributed by atoms with Crippen molar-refractivity contribution in [1.29, 1.82) is 0 Å². The third-order valence-corrected chi connectivity index (χ3v) is 4.89. The van der Waals surface area contributed by atoms with E-state index in [1.807, 2.05) is 31.2 Å². The SMILES string of the molecule is COc1ccc(C(=O)CSc2n[nH]c(N/N=C(\C)c3ccc(OC)cc3)n2)cc1. The molecule has 0 saturated heterocycles. The highest BCUT2D eigenvalue weighted by Crippen LogP contribution is 2.18. The van der Waals surface area contributed by atoms with E-state index in [1.54, 1.807) is 38.5 Å². The lowest BCUT2D eigenvalue weighted by Crippen LogP contribution is -2.02. The molecular weight excluding hydrogens is 390 g/mol. The molecule has 0 saturated carbocycles. The molecule has 29 heavy (non-hydrogen) atoms. The predicted octanol–water partition coefficient (Wildman–Crippen LogP) is 3.63. The largest absolute Gasteiger partial charge is 0.497 e. The number of aromatic nitrogens is 3. The Kier molecular flexibility index (Phi) is 6.85. The Bertz CT molecular complexity index is 984. The molecule has 0 aliphatic carbocycles. The first-order valence-electron chi connectivity index (χ1n) is 8.76. The quantitative estimate of drug-likeness (QED) is 0.240. The summed E-state index contributed by atoms with van der Waals surface area (Å²) in [4.78, 5) is 16.6. The zero-order valence-electron chi connectivity index (χ0n) is 16.3. The number of aromatic amines is 1. The van der Waals surface area contributed by atoms with Gasteiger partial charge in [0, 0.05) is 5.56 Å². The highest BCUT2D eigenvalue weighted by Gasteiger charge is 2.10. The number of Topliss-reactive ketones (excluding diaryl/α,β-unsaturated/α-hetero) is 1. The minimum absolute atomic E-state index is 0.00895. The van der Waals surface area contributed by atoms with Gasteiger partial charge in [-0.25, -0.2) is 10.5 Å². The smallest absolute Gasteiger partial charge is 0.240 e. The predicted molar refractivity (Wildman–Crippen MR) is 113 cm³/mol. The third-order valence-electron chi connectivity index (χ3n) is 4.05. The van der Waals surface area contributed by atoms with Crippen molar-refractivity contribution >= 4 is 29.2 Å². The van der Waals surface area contributed by atoms with Crippen LogP contribution in [0.1, 0.15) is 22.8 Å². The topological polar surface area (TPSA) is 101 Å². The molecule has 0 aliphatic heterocycles. The van der Waals surface area contributed by atoms with Gasteiger partial charge < -0.3 is 9.47 Å². The molecule has 0 bridgehead atoms. The van der Waals surface area contributed by atoms with E-state index in [4.69, 9.17) is 9.47 Å². The summed E-state index contributed by atoms with van der Waals surface area (Å²) in [6.07, 6.45) is 0. The second-order valence-corrected chi connectivity index (χ2v) is 6.89. The van der Waals surface area contributed by atoms with Crippen molar-refractivity contribution in [2.24, 2.45) is 5.10 Å². The molecule has 1 heterocycles. The Morgan fingerprint density at radius 3 is 2.21 bits per heavy atom. The molecule has 2 N–H and O–H groups in total. The van der Waals surface area contributed by atoms with Crippen LogP contribution in [0.5, 0.6) is 11.5 Å². The lowest BCUT2D eigenvalue weighted by atomic mass is 10.1. The number of ether oxygens (including phenoxy) is 2. The molecule has 1 aromatic heterocycles. The summed E-state index contributed by atoms with van der Waals surface area (Å²) in [7, 11) is 3.21. The molecule has 8 nitrogen and oxygen atoms in total. The van der Waals surface area contributed by atoms with Gasteiger partial charge in [-0.1, -0.05) is 11.8 Å². The van der Waals surface area contributed by atoms with Crippen molar-refractivity contribution in [3.8, 4) is 11.5 Å². The molecule has 9 heteroatoms. The zero-order valence-corrected chi connectivity index (χ0v) is 17.1. The van der Waals surface area contributed by atoms with Gasteiger partial charge in [-0.3, -0.25) is 4.79 Å². The van der Waals surface area contributed by atoms with E-state index < -0.39 is 0 Å². The van der Waals surface area contributed by atoms with Gasteiger partial charge in [-0.15, -0.1) is 5.10 Å². The van der Waals surface area contributed by atoms with E-state index in [9.17, 15) is 4.79 Å². The summed E-state index contributed by atoms with van der Waals surface area (Å²) in [6, 6.07) is 14.6. The molecule has 0 radical (unpaired) electrons. The normalized spacial score (nSPS) is 11.2. The zero-order chi connectivity index (χ0) is 20.6. The van der Waals surface area contributed by atoms with Crippen LogP contribution in [0.4, 0.5) is 5.95 Å². The summed E-state index contributed by atoms with van der Waals surface area (Å²) in [6.45, 7) is 1.88. The van der Waals surface area contributed by atoms with Gasteiger partial charge in [-0.2, -0.15) is 10.1 Å². The Labute approximate surface area is 172 Å². The van der Waals surface area contributed by atoms with Crippen LogP contribution in [-0.2, 0) is 0 Å². The summed E-state index contributed by atoms with van der Waals surface area (Å²) in [5.74, 6) is 2.13. The number of ketones is 1. The average molecular weight is 411 g/mol. The maximum Gasteiger partial charge on any atom is 0.240 e. The number of hydrazone groups is 1. The van der Waals surface area contributed by atoms with E-state index in [-0.39, 0.29) is 11.5 Å². The number of H-pyrrole nitrogens is 1. The van der Waals surface area contributed by atoms with Crippen LogP contribution in [0.15, 0.2) is 58.8 Å². The molecule has 150 valence electrons. The van der Waals surface area contributed by atoms with Gasteiger partial charge in [0.05, 0.1) is 25.7 Å². The Hall–Kier alpha value is -3.33. The van der Waals surface area contributed by atoms with Gasteiger partial charge in [0.25, 0.3) is 0 Å². The number of benzene rings is 2. The van der Waals surface area contributed by atoms with Crippen LogP contribution in [0, 0.1) is 0 Å². The summed E-state index contributed by atoms with van der Waals surface area (Å²) >= 11 is 1.25. The van der Waals surface area contributed by atoms with Gasteiger partial charge >= 0.3 is 0 Å². The fourth-order valence-electron chi connectivity index (χ4n) is 2.38. The standard InChI is InChI=1S/C20H21N5O3S/c1-13(14-4-8-16(27-2)9-5-14)22-23-19-21-20(25-24-19)29-12-18(26)15-6-10-17(28-3)11-7-15/h4-11H,12H2,1-3H3,(H2,21,23,24,25)/b22-13+. The number of methoxy groups -OCH3 is 2. The van der Waals surface area contributed by atoms with Gasteiger partial charge in [0.1, 0.15) is 11.5 Å². The second-order valence-electron chi connectivity index (χ2n) is 5.94. The number of anilines is 1. The number of carbonyl (C=O) groups is 1. The van der Waals surface area contributed by atoms with Gasteiger partial charge in [-0.05, 0) is 61.0 Å². The first kappa shape index (κ1) is 20.4. The van der Waals surface area contributed by atoms with Crippen LogP contribution in [0.3, 0.4) is 0 Å². The number of nitrogens with zero attached hydrogens (tertiary/aromatic N) is 3. The highest BCUT2D eigenvalue weighted by atomic mass is 32.2. The summed E-state index contributed by atoms with van der Waals surface area (Å²) in [5, 5.41) is 11.6. The van der Waals surface area contributed by atoms with Crippen molar-refractivity contribution in [3.05, 3.63) is 59.7 Å². The number of nitrogens with one attached hydrogen (secondary N) is 2. The Balaban J connectivity index is 1.53. The van der Waals surface area contributed by atoms with Crippen LogP contribution in [0.2, 0.25) is 0 Å². The molecular formula is C20H21N5O3S. The fraction of sp³-hybridized carbons (Fsp3) is 0.200. The first-order valence-corrected chi connectivity index (χ1v) is 9.75. The maximum atomic E-state index is 12.3. The van der Waals surface area contributed by atoms with Crippen LogP contribution in [0.25, 0.3) is 0 Å². The van der Waals surface area contributed by atoms with Crippen molar-refractivity contribution in [2.45, 2.75) is 12.1 Å². The molecule has 0 fully saturated rings. The molecule has 0 amide bonds. The minimum atomic E-state index is -0.00895. The minimum Gasteiger partial charge on any atom is -0.497 e. The van der Waals surface area contributed by atoms with Crippen molar-refractivity contribution in [3.63, 3.8) is 0 Å². The van der Waals surface area contributed by atoms with Crippen molar-refractivity contribution in [2.75, 3.05) is 25.4 Å². The number of rotatable bonds is 9. The lowest BCUT2D eigenvalue weighted by molar-refractivity contribution is 0.102. The van der Waals surface area contributed by atoms with E-state index in [1.165, 1.54) is 11.8 Å². The van der Waals surface area contributed by atoms with Gasteiger partial charge in [0.15, 0.2) is 5.78 Å². The maximum absolute atomic E-state index is 12.3. The molecule has 3 rings (SSSR count). The van der Waals surface area contributed by atoms with Crippen LogP contribution >= 0.6 is 11.8 Å².